The zero-order chi connectivity index (χ0) is 19.4. The van der Waals surface area contributed by atoms with Crippen molar-refractivity contribution in [2.24, 2.45) is 0 Å². The third kappa shape index (κ3) is 4.66. The Morgan fingerprint density at radius 3 is 2.63 bits per heavy atom. The number of benzene rings is 1. The van der Waals surface area contributed by atoms with E-state index >= 15 is 0 Å². The number of aryl methyl sites for hydroxylation is 1. The lowest BCUT2D eigenvalue weighted by molar-refractivity contribution is -0.119. The van der Waals surface area contributed by atoms with Crippen molar-refractivity contribution in [2.75, 3.05) is 30.8 Å². The van der Waals surface area contributed by atoms with Gasteiger partial charge in [0.2, 0.25) is 11.8 Å². The summed E-state index contributed by atoms with van der Waals surface area (Å²) in [4.78, 5) is 27.2. The van der Waals surface area contributed by atoms with Gasteiger partial charge in [-0.25, -0.2) is 0 Å². The van der Waals surface area contributed by atoms with E-state index in [2.05, 4.69) is 16.7 Å². The van der Waals surface area contributed by atoms with Crippen molar-refractivity contribution in [2.45, 2.75) is 19.3 Å². The number of hydrogen-bond donors (Lipinski definition) is 2. The van der Waals surface area contributed by atoms with Gasteiger partial charge in [-0.2, -0.15) is 5.26 Å². The fraction of sp³-hybridized carbons (Fsp3) is 0.316. The molecule has 0 radical (unpaired) electrons. The van der Waals surface area contributed by atoms with Crippen LogP contribution in [0.25, 0.3) is 0 Å². The van der Waals surface area contributed by atoms with E-state index < -0.39 is 0 Å². The van der Waals surface area contributed by atoms with Crippen molar-refractivity contribution in [1.82, 2.24) is 4.90 Å². The summed E-state index contributed by atoms with van der Waals surface area (Å²) in [7, 11) is 1.69. The van der Waals surface area contributed by atoms with Crippen LogP contribution in [0.3, 0.4) is 0 Å². The molecule has 0 saturated carbocycles. The highest BCUT2D eigenvalue weighted by Crippen LogP contribution is 2.38. The SMILES string of the molecule is CN(CC(=O)Nc1ccccc1Cl)CC(=O)Nc1sc2c(c1C#N)CCC2. The van der Waals surface area contributed by atoms with E-state index in [1.54, 1.807) is 36.2 Å². The summed E-state index contributed by atoms with van der Waals surface area (Å²) in [5.41, 5.74) is 2.19. The number of para-hydroxylation sites is 1. The Morgan fingerprint density at radius 2 is 1.93 bits per heavy atom. The maximum absolute atomic E-state index is 12.3. The highest BCUT2D eigenvalue weighted by atomic mass is 35.5. The third-order valence-electron chi connectivity index (χ3n) is 4.26. The quantitative estimate of drug-likeness (QED) is 0.776. The van der Waals surface area contributed by atoms with Crippen LogP contribution in [-0.4, -0.2) is 36.9 Å². The molecule has 6 nitrogen and oxygen atoms in total. The summed E-state index contributed by atoms with van der Waals surface area (Å²) in [6, 6.07) is 9.18. The highest BCUT2D eigenvalue weighted by molar-refractivity contribution is 7.16. The number of carbonyl (C=O) groups excluding carboxylic acids is 2. The first-order valence-electron chi connectivity index (χ1n) is 8.55. The Kier molecular flexibility index (Phi) is 6.11. The molecule has 2 N–H and O–H groups in total. The Labute approximate surface area is 166 Å². The van der Waals surface area contributed by atoms with Crippen LogP contribution in [-0.2, 0) is 22.4 Å². The molecule has 140 valence electrons. The number of halogens is 1. The smallest absolute Gasteiger partial charge is 0.239 e. The van der Waals surface area contributed by atoms with Gasteiger partial charge in [0.15, 0.2) is 0 Å². The van der Waals surface area contributed by atoms with E-state index in [4.69, 9.17) is 11.6 Å². The molecule has 1 aliphatic rings. The molecule has 0 fully saturated rings. The fourth-order valence-electron chi connectivity index (χ4n) is 3.08. The first kappa shape index (κ1) is 19.4. The minimum atomic E-state index is -0.258. The summed E-state index contributed by atoms with van der Waals surface area (Å²) in [6.45, 7) is 0.0913. The maximum Gasteiger partial charge on any atom is 0.239 e. The van der Waals surface area contributed by atoms with Crippen LogP contribution in [0.4, 0.5) is 10.7 Å². The van der Waals surface area contributed by atoms with Gasteiger partial charge in [-0.3, -0.25) is 14.5 Å². The maximum atomic E-state index is 12.3. The molecule has 1 heterocycles. The second kappa shape index (κ2) is 8.53. The molecule has 0 unspecified atom stereocenters. The molecule has 0 bridgehead atoms. The lowest BCUT2D eigenvalue weighted by atomic mass is 10.1. The third-order valence-corrected chi connectivity index (χ3v) is 5.80. The summed E-state index contributed by atoms with van der Waals surface area (Å²) in [5, 5.41) is 16.0. The molecular weight excluding hydrogens is 384 g/mol. The lowest BCUT2D eigenvalue weighted by Gasteiger charge is -2.16. The Hall–Kier alpha value is -2.40. The van der Waals surface area contributed by atoms with Gasteiger partial charge < -0.3 is 10.6 Å². The largest absolute Gasteiger partial charge is 0.324 e. The zero-order valence-electron chi connectivity index (χ0n) is 14.8. The van der Waals surface area contributed by atoms with E-state index in [-0.39, 0.29) is 24.9 Å². The van der Waals surface area contributed by atoms with Crippen LogP contribution in [0.2, 0.25) is 5.02 Å². The van der Waals surface area contributed by atoms with Crippen molar-refractivity contribution in [3.63, 3.8) is 0 Å². The minimum absolute atomic E-state index is 0.0450. The molecule has 1 aliphatic carbocycles. The van der Waals surface area contributed by atoms with Gasteiger partial charge in [-0.05, 0) is 44.0 Å². The fourth-order valence-corrected chi connectivity index (χ4v) is 4.51. The molecular formula is C19H19ClN4O2S. The number of rotatable bonds is 6. The molecule has 0 saturated heterocycles. The summed E-state index contributed by atoms with van der Waals surface area (Å²) >= 11 is 7.50. The topological polar surface area (TPSA) is 85.2 Å². The molecule has 27 heavy (non-hydrogen) atoms. The van der Waals surface area contributed by atoms with Crippen molar-refractivity contribution in [3.8, 4) is 6.07 Å². The second-order valence-electron chi connectivity index (χ2n) is 6.42. The van der Waals surface area contributed by atoms with Gasteiger partial charge in [0.25, 0.3) is 0 Å². The van der Waals surface area contributed by atoms with Crippen LogP contribution >= 0.6 is 22.9 Å². The van der Waals surface area contributed by atoms with Crippen molar-refractivity contribution >= 4 is 45.4 Å². The number of nitrogens with one attached hydrogen (secondary N) is 2. The number of thiophene rings is 1. The normalized spacial score (nSPS) is 12.5. The van der Waals surface area contributed by atoms with E-state index in [0.717, 1.165) is 24.8 Å². The highest BCUT2D eigenvalue weighted by Gasteiger charge is 2.23. The van der Waals surface area contributed by atoms with Crippen LogP contribution in [0.15, 0.2) is 24.3 Å². The predicted octanol–water partition coefficient (Wildman–Crippen LogP) is 3.27. The van der Waals surface area contributed by atoms with E-state index in [1.165, 1.54) is 16.2 Å². The molecule has 8 heteroatoms. The molecule has 2 aromatic rings. The van der Waals surface area contributed by atoms with E-state index in [9.17, 15) is 14.9 Å². The number of anilines is 2. The van der Waals surface area contributed by atoms with Gasteiger partial charge in [0.05, 0.1) is 29.4 Å². The first-order chi connectivity index (χ1) is 13.0. The van der Waals surface area contributed by atoms with Gasteiger partial charge in [-0.1, -0.05) is 23.7 Å². The van der Waals surface area contributed by atoms with Crippen molar-refractivity contribution in [3.05, 3.63) is 45.3 Å². The Balaban J connectivity index is 1.53. The van der Waals surface area contributed by atoms with Gasteiger partial charge in [-0.15, -0.1) is 11.3 Å². The van der Waals surface area contributed by atoms with E-state index in [0.29, 0.717) is 21.3 Å². The lowest BCUT2D eigenvalue weighted by Crippen LogP contribution is -2.36. The van der Waals surface area contributed by atoms with Crippen LogP contribution in [0.5, 0.6) is 0 Å². The summed E-state index contributed by atoms with van der Waals surface area (Å²) in [6.07, 6.45) is 2.92. The predicted molar refractivity (Wildman–Crippen MR) is 107 cm³/mol. The number of hydrogen-bond acceptors (Lipinski definition) is 5. The minimum Gasteiger partial charge on any atom is -0.324 e. The second-order valence-corrected chi connectivity index (χ2v) is 7.93. The summed E-state index contributed by atoms with van der Waals surface area (Å²) in [5.74, 6) is -0.509. The average Bonchev–Trinajstić information content (AvgIpc) is 3.17. The number of carbonyl (C=O) groups is 2. The van der Waals surface area contributed by atoms with Crippen LogP contribution in [0, 0.1) is 11.3 Å². The molecule has 3 rings (SSSR count). The Morgan fingerprint density at radius 1 is 1.22 bits per heavy atom. The Bertz CT molecular complexity index is 919. The molecule has 0 spiro atoms. The van der Waals surface area contributed by atoms with Crippen LogP contribution in [0.1, 0.15) is 22.4 Å². The number of nitrogens with zero attached hydrogens (tertiary/aromatic N) is 2. The van der Waals surface area contributed by atoms with Crippen molar-refractivity contribution in [1.29, 1.82) is 5.26 Å². The van der Waals surface area contributed by atoms with Gasteiger partial charge >= 0.3 is 0 Å². The zero-order valence-corrected chi connectivity index (χ0v) is 16.4. The average molecular weight is 403 g/mol. The van der Waals surface area contributed by atoms with Gasteiger partial charge in [0.1, 0.15) is 11.1 Å². The number of fused-ring (bicyclic) bond motifs is 1. The molecule has 2 amide bonds. The number of nitriles is 1. The van der Waals surface area contributed by atoms with Gasteiger partial charge in [0, 0.05) is 4.88 Å². The van der Waals surface area contributed by atoms with Crippen molar-refractivity contribution < 1.29 is 9.59 Å². The molecule has 0 atom stereocenters. The van der Waals surface area contributed by atoms with Crippen LogP contribution < -0.4 is 10.6 Å². The molecule has 0 aliphatic heterocycles. The molecule has 1 aromatic heterocycles. The summed E-state index contributed by atoms with van der Waals surface area (Å²) < 4.78 is 0. The first-order valence-corrected chi connectivity index (χ1v) is 9.74. The molecule has 1 aromatic carbocycles. The standard InChI is InChI=1S/C19H19ClN4O2S/c1-24(10-17(25)22-15-7-3-2-6-14(15)20)11-18(26)23-19-13(9-21)12-5-4-8-16(12)27-19/h2-3,6-7H,4-5,8,10-11H2,1H3,(H,22,25)(H,23,26). The number of likely N-dealkylation sites (N-methyl/N-ethyl adjacent to an activating group) is 1. The van der Waals surface area contributed by atoms with E-state index in [1.807, 2.05) is 0 Å². The number of amides is 2. The monoisotopic (exact) mass is 402 g/mol.